The molecule has 0 bridgehead atoms. The van der Waals surface area contributed by atoms with Crippen molar-refractivity contribution in [2.45, 2.75) is 20.5 Å². The number of nitrogens with one attached hydrogen (secondary N) is 1. The van der Waals surface area contributed by atoms with Crippen LogP contribution in [0.25, 0.3) is 10.9 Å². The van der Waals surface area contributed by atoms with Crippen LogP contribution < -0.4 is 5.56 Å². The molecule has 27 heavy (non-hydrogen) atoms. The zero-order valence-corrected chi connectivity index (χ0v) is 15.2. The molecule has 1 aromatic heterocycles. The smallest absolute Gasteiger partial charge is 0.338 e. The Balaban J connectivity index is 1.86. The summed E-state index contributed by atoms with van der Waals surface area (Å²) in [6, 6.07) is 9.96. The van der Waals surface area contributed by atoms with Gasteiger partial charge >= 0.3 is 11.9 Å². The van der Waals surface area contributed by atoms with Crippen molar-refractivity contribution in [1.29, 1.82) is 0 Å². The number of aryl methyl sites for hydroxylation is 2. The molecule has 7 nitrogen and oxygen atoms in total. The molecule has 3 aromatic rings. The van der Waals surface area contributed by atoms with E-state index in [1.54, 1.807) is 6.07 Å². The Hall–Kier alpha value is -3.48. The summed E-state index contributed by atoms with van der Waals surface area (Å²) in [5.74, 6) is -0.836. The third kappa shape index (κ3) is 3.87. The van der Waals surface area contributed by atoms with Crippen molar-refractivity contribution in [2.24, 2.45) is 0 Å². The molecule has 1 heterocycles. The van der Waals surface area contributed by atoms with Gasteiger partial charge < -0.3 is 14.5 Å². The average molecular weight is 366 g/mol. The second kappa shape index (κ2) is 7.41. The Kier molecular flexibility index (Phi) is 5.03. The second-order valence-electron chi connectivity index (χ2n) is 6.13. The number of aromatic nitrogens is 2. The highest BCUT2D eigenvalue weighted by molar-refractivity contribution is 5.94. The molecule has 0 aliphatic heterocycles. The van der Waals surface area contributed by atoms with Crippen LogP contribution in [0.4, 0.5) is 0 Å². The summed E-state index contributed by atoms with van der Waals surface area (Å²) in [6.07, 6.45) is 0. The molecule has 7 heteroatoms. The van der Waals surface area contributed by atoms with Gasteiger partial charge in [0, 0.05) is 0 Å². The summed E-state index contributed by atoms with van der Waals surface area (Å²) in [7, 11) is 1.27. The maximum absolute atomic E-state index is 12.3. The van der Waals surface area contributed by atoms with Crippen LogP contribution in [0.2, 0.25) is 0 Å². The average Bonchev–Trinajstić information content (AvgIpc) is 2.66. The van der Waals surface area contributed by atoms with Gasteiger partial charge in [0.1, 0.15) is 12.4 Å². The van der Waals surface area contributed by atoms with E-state index in [9.17, 15) is 14.4 Å². The molecule has 1 N–H and O–H groups in total. The van der Waals surface area contributed by atoms with Crippen LogP contribution in [0.15, 0.2) is 41.2 Å². The Morgan fingerprint density at radius 3 is 2.59 bits per heavy atom. The number of ether oxygens (including phenoxy) is 2. The van der Waals surface area contributed by atoms with Crippen molar-refractivity contribution >= 4 is 22.8 Å². The molecule has 0 unspecified atom stereocenters. The number of hydrogen-bond donors (Lipinski definition) is 1. The van der Waals surface area contributed by atoms with E-state index in [-0.39, 0.29) is 23.6 Å². The molecule has 0 saturated heterocycles. The van der Waals surface area contributed by atoms with E-state index in [1.165, 1.54) is 25.3 Å². The topological polar surface area (TPSA) is 98.4 Å². The summed E-state index contributed by atoms with van der Waals surface area (Å²) in [4.78, 5) is 43.0. The number of rotatable bonds is 4. The number of methoxy groups -OCH3 is 1. The monoisotopic (exact) mass is 366 g/mol. The number of benzene rings is 2. The molecular formula is C20H18N2O5. The number of hydrogen-bond acceptors (Lipinski definition) is 6. The number of aromatic amines is 1. The quantitative estimate of drug-likeness (QED) is 0.713. The number of esters is 2. The molecule has 0 saturated carbocycles. The largest absolute Gasteiger partial charge is 0.465 e. The normalized spacial score (nSPS) is 10.6. The Bertz CT molecular complexity index is 1100. The Morgan fingerprint density at radius 1 is 1.07 bits per heavy atom. The zero-order valence-electron chi connectivity index (χ0n) is 15.2. The van der Waals surface area contributed by atoms with Crippen LogP contribution in [-0.4, -0.2) is 29.0 Å². The lowest BCUT2D eigenvalue weighted by atomic mass is 10.1. The SMILES string of the molecule is COC(=O)c1ccc2c(=O)[nH]c(COC(=O)c3cc(C)ccc3C)nc2c1. The predicted molar refractivity (Wildman–Crippen MR) is 98.7 cm³/mol. The number of carbonyl (C=O) groups excluding carboxylic acids is 2. The van der Waals surface area contributed by atoms with Gasteiger partial charge in [0.05, 0.1) is 29.1 Å². The minimum absolute atomic E-state index is 0.188. The van der Waals surface area contributed by atoms with Crippen LogP contribution in [0.1, 0.15) is 37.7 Å². The molecule has 2 aromatic carbocycles. The van der Waals surface area contributed by atoms with Crippen molar-refractivity contribution in [2.75, 3.05) is 7.11 Å². The zero-order chi connectivity index (χ0) is 19.6. The lowest BCUT2D eigenvalue weighted by Crippen LogP contribution is -2.15. The molecule has 138 valence electrons. The molecular weight excluding hydrogens is 348 g/mol. The van der Waals surface area contributed by atoms with E-state index >= 15 is 0 Å². The summed E-state index contributed by atoms with van der Waals surface area (Å²) < 4.78 is 9.96. The van der Waals surface area contributed by atoms with Crippen LogP contribution in [0, 0.1) is 13.8 Å². The van der Waals surface area contributed by atoms with Gasteiger partial charge in [-0.15, -0.1) is 0 Å². The lowest BCUT2D eigenvalue weighted by molar-refractivity contribution is 0.0461. The van der Waals surface area contributed by atoms with E-state index < -0.39 is 11.9 Å². The Morgan fingerprint density at radius 2 is 1.85 bits per heavy atom. The molecule has 0 atom stereocenters. The first kappa shape index (κ1) is 18.3. The van der Waals surface area contributed by atoms with E-state index in [2.05, 4.69) is 14.7 Å². The van der Waals surface area contributed by atoms with Crippen molar-refractivity contribution in [3.63, 3.8) is 0 Å². The van der Waals surface area contributed by atoms with Crippen molar-refractivity contribution < 1.29 is 19.1 Å². The Labute approximate surface area is 155 Å². The van der Waals surface area contributed by atoms with Crippen LogP contribution in [0.3, 0.4) is 0 Å². The summed E-state index contributed by atoms with van der Waals surface area (Å²) >= 11 is 0. The molecule has 0 fully saturated rings. The van der Waals surface area contributed by atoms with Gasteiger partial charge in [-0.1, -0.05) is 17.7 Å². The van der Waals surface area contributed by atoms with Gasteiger partial charge in [-0.2, -0.15) is 0 Å². The fourth-order valence-corrected chi connectivity index (χ4v) is 2.67. The summed E-state index contributed by atoms with van der Waals surface area (Å²) in [6.45, 7) is 3.51. The summed E-state index contributed by atoms with van der Waals surface area (Å²) in [5, 5.41) is 0.326. The van der Waals surface area contributed by atoms with E-state index in [4.69, 9.17) is 4.74 Å². The maximum Gasteiger partial charge on any atom is 0.338 e. The standard InChI is InChI=1S/C20H18N2O5/c1-11-4-5-12(2)15(8-11)20(25)27-10-17-21-16-9-13(19(24)26-3)6-7-14(16)18(23)22-17/h4-9H,10H2,1-3H3,(H,21,22,23). The molecule has 0 radical (unpaired) electrons. The van der Waals surface area contributed by atoms with Crippen LogP contribution >= 0.6 is 0 Å². The predicted octanol–water partition coefficient (Wildman–Crippen LogP) is 2.68. The minimum atomic E-state index is -0.526. The molecule has 0 amide bonds. The first-order valence-corrected chi connectivity index (χ1v) is 8.24. The highest BCUT2D eigenvalue weighted by Crippen LogP contribution is 2.14. The number of nitrogens with zero attached hydrogens (tertiary/aromatic N) is 1. The first-order chi connectivity index (χ1) is 12.9. The van der Waals surface area contributed by atoms with E-state index in [0.29, 0.717) is 16.5 Å². The molecule has 3 rings (SSSR count). The van der Waals surface area contributed by atoms with Gasteiger partial charge in [0.2, 0.25) is 0 Å². The number of carbonyl (C=O) groups is 2. The molecule has 0 aliphatic carbocycles. The number of H-pyrrole nitrogens is 1. The van der Waals surface area contributed by atoms with E-state index in [0.717, 1.165) is 11.1 Å². The van der Waals surface area contributed by atoms with Crippen molar-refractivity contribution in [3.05, 3.63) is 74.8 Å². The molecule has 0 aliphatic rings. The number of fused-ring (bicyclic) bond motifs is 1. The summed E-state index contributed by atoms with van der Waals surface area (Å²) in [5.41, 5.74) is 2.43. The van der Waals surface area contributed by atoms with E-state index in [1.807, 2.05) is 26.0 Å². The highest BCUT2D eigenvalue weighted by Gasteiger charge is 2.13. The maximum atomic E-state index is 12.3. The third-order valence-electron chi connectivity index (χ3n) is 4.13. The second-order valence-corrected chi connectivity index (χ2v) is 6.13. The highest BCUT2D eigenvalue weighted by atomic mass is 16.5. The lowest BCUT2D eigenvalue weighted by Gasteiger charge is -2.08. The van der Waals surface area contributed by atoms with Crippen molar-refractivity contribution in [1.82, 2.24) is 9.97 Å². The fraction of sp³-hybridized carbons (Fsp3) is 0.200. The third-order valence-corrected chi connectivity index (χ3v) is 4.13. The van der Waals surface area contributed by atoms with Gasteiger partial charge in [0.15, 0.2) is 0 Å². The van der Waals surface area contributed by atoms with Crippen LogP contribution in [-0.2, 0) is 16.1 Å². The molecule has 0 spiro atoms. The van der Waals surface area contributed by atoms with Crippen LogP contribution in [0.5, 0.6) is 0 Å². The fourth-order valence-electron chi connectivity index (χ4n) is 2.67. The van der Waals surface area contributed by atoms with Gasteiger partial charge in [0.25, 0.3) is 5.56 Å². The van der Waals surface area contributed by atoms with Gasteiger partial charge in [-0.25, -0.2) is 14.6 Å². The van der Waals surface area contributed by atoms with Gasteiger partial charge in [-0.05, 0) is 43.7 Å². The minimum Gasteiger partial charge on any atom is -0.465 e. The van der Waals surface area contributed by atoms with Gasteiger partial charge in [-0.3, -0.25) is 4.79 Å². The van der Waals surface area contributed by atoms with Crippen molar-refractivity contribution in [3.8, 4) is 0 Å². The first-order valence-electron chi connectivity index (χ1n) is 8.24.